The zero-order valence-corrected chi connectivity index (χ0v) is 12.3. The summed E-state index contributed by atoms with van der Waals surface area (Å²) in [6, 6.07) is 9.19. The van der Waals surface area contributed by atoms with Crippen molar-refractivity contribution < 1.29 is 13.2 Å². The molecule has 110 valence electrons. The first-order valence-corrected chi connectivity index (χ1v) is 7.10. The van der Waals surface area contributed by atoms with E-state index in [4.69, 9.17) is 5.26 Å². The average molecular weight is 310 g/mol. The standard InChI is InChI=1S/C15H13F3N2S/c1-10(14-4-3-7-21-14)20(2)12-6-5-11(9-19)13(8-12)15(16,17)18/h3-8,10H,1-2H3. The Morgan fingerprint density at radius 3 is 2.52 bits per heavy atom. The lowest BCUT2D eigenvalue weighted by Gasteiger charge is -2.27. The van der Waals surface area contributed by atoms with E-state index in [1.54, 1.807) is 29.4 Å². The third kappa shape index (κ3) is 3.19. The van der Waals surface area contributed by atoms with Crippen LogP contribution in [-0.4, -0.2) is 7.05 Å². The summed E-state index contributed by atoms with van der Waals surface area (Å²) in [7, 11) is 1.74. The number of thiophene rings is 1. The minimum Gasteiger partial charge on any atom is -0.367 e. The summed E-state index contributed by atoms with van der Waals surface area (Å²) >= 11 is 1.56. The van der Waals surface area contributed by atoms with Gasteiger partial charge in [-0.25, -0.2) is 0 Å². The summed E-state index contributed by atoms with van der Waals surface area (Å²) in [5.41, 5.74) is -0.821. The molecular formula is C15H13F3N2S. The molecule has 1 aromatic heterocycles. The van der Waals surface area contributed by atoms with E-state index < -0.39 is 11.7 Å². The van der Waals surface area contributed by atoms with Gasteiger partial charge in [0.1, 0.15) is 0 Å². The van der Waals surface area contributed by atoms with Crippen LogP contribution in [0.1, 0.15) is 29.0 Å². The van der Waals surface area contributed by atoms with E-state index in [1.807, 2.05) is 24.4 Å². The van der Waals surface area contributed by atoms with E-state index in [2.05, 4.69) is 0 Å². The smallest absolute Gasteiger partial charge is 0.367 e. The molecule has 0 radical (unpaired) electrons. The fraction of sp³-hybridized carbons (Fsp3) is 0.267. The maximum Gasteiger partial charge on any atom is 0.417 e. The normalized spacial score (nSPS) is 12.8. The molecule has 1 atom stereocenters. The molecule has 2 nitrogen and oxygen atoms in total. The van der Waals surface area contributed by atoms with E-state index in [9.17, 15) is 13.2 Å². The summed E-state index contributed by atoms with van der Waals surface area (Å²) in [6.45, 7) is 1.93. The molecule has 0 saturated heterocycles. The number of anilines is 1. The van der Waals surface area contributed by atoms with Crippen molar-refractivity contribution in [3.63, 3.8) is 0 Å². The van der Waals surface area contributed by atoms with Gasteiger partial charge < -0.3 is 4.90 Å². The Hall–Kier alpha value is -2.00. The Bertz CT molecular complexity index is 657. The highest BCUT2D eigenvalue weighted by atomic mass is 32.1. The van der Waals surface area contributed by atoms with Gasteiger partial charge in [0.05, 0.1) is 23.2 Å². The lowest BCUT2D eigenvalue weighted by atomic mass is 10.1. The van der Waals surface area contributed by atoms with Crippen molar-refractivity contribution in [2.24, 2.45) is 0 Å². The highest BCUT2D eigenvalue weighted by Gasteiger charge is 2.34. The molecule has 2 rings (SSSR count). The average Bonchev–Trinajstić information content (AvgIpc) is 2.98. The second-order valence-electron chi connectivity index (χ2n) is 4.64. The van der Waals surface area contributed by atoms with Gasteiger partial charge >= 0.3 is 6.18 Å². The predicted molar refractivity (Wildman–Crippen MR) is 77.3 cm³/mol. The molecule has 1 heterocycles. The van der Waals surface area contributed by atoms with E-state index in [1.165, 1.54) is 12.1 Å². The van der Waals surface area contributed by atoms with Crippen molar-refractivity contribution in [1.29, 1.82) is 5.26 Å². The molecule has 0 aliphatic rings. The molecular weight excluding hydrogens is 297 g/mol. The van der Waals surface area contributed by atoms with Crippen LogP contribution in [0.4, 0.5) is 18.9 Å². The zero-order valence-electron chi connectivity index (χ0n) is 11.5. The van der Waals surface area contributed by atoms with Crippen LogP contribution in [0.3, 0.4) is 0 Å². The fourth-order valence-corrected chi connectivity index (χ4v) is 2.85. The van der Waals surface area contributed by atoms with Gasteiger partial charge in [-0.3, -0.25) is 0 Å². The number of benzene rings is 1. The summed E-state index contributed by atoms with van der Waals surface area (Å²) in [4.78, 5) is 2.83. The quantitative estimate of drug-likeness (QED) is 0.811. The van der Waals surface area contributed by atoms with Gasteiger partial charge in [0.25, 0.3) is 0 Å². The molecule has 0 aliphatic heterocycles. The lowest BCUT2D eigenvalue weighted by Crippen LogP contribution is -2.21. The highest BCUT2D eigenvalue weighted by molar-refractivity contribution is 7.10. The Kier molecular flexibility index (Phi) is 4.24. The number of hydrogen-bond donors (Lipinski definition) is 0. The van der Waals surface area contributed by atoms with Crippen LogP contribution >= 0.6 is 11.3 Å². The van der Waals surface area contributed by atoms with Gasteiger partial charge in [-0.15, -0.1) is 11.3 Å². The first-order valence-electron chi connectivity index (χ1n) is 6.22. The largest absolute Gasteiger partial charge is 0.417 e. The van der Waals surface area contributed by atoms with Crippen molar-refractivity contribution in [2.75, 3.05) is 11.9 Å². The van der Waals surface area contributed by atoms with Crippen LogP contribution in [0.25, 0.3) is 0 Å². The second-order valence-corrected chi connectivity index (χ2v) is 5.62. The van der Waals surface area contributed by atoms with Crippen LogP contribution in [0, 0.1) is 11.3 Å². The van der Waals surface area contributed by atoms with Crippen LogP contribution in [0.2, 0.25) is 0 Å². The summed E-state index contributed by atoms with van der Waals surface area (Å²) in [5, 5.41) is 10.7. The molecule has 0 amide bonds. The van der Waals surface area contributed by atoms with Crippen LogP contribution in [0.15, 0.2) is 35.7 Å². The predicted octanol–water partition coefficient (Wildman–Crippen LogP) is 4.84. The molecule has 0 fully saturated rings. The highest BCUT2D eigenvalue weighted by Crippen LogP contribution is 2.36. The van der Waals surface area contributed by atoms with Crippen molar-refractivity contribution in [3.8, 4) is 6.07 Å². The first kappa shape index (κ1) is 15.4. The fourth-order valence-electron chi connectivity index (χ4n) is 2.03. The van der Waals surface area contributed by atoms with Crippen LogP contribution < -0.4 is 4.90 Å². The third-order valence-corrected chi connectivity index (χ3v) is 4.41. The number of halogens is 3. The van der Waals surface area contributed by atoms with Gasteiger partial charge in [0, 0.05) is 17.6 Å². The first-order chi connectivity index (χ1) is 9.84. The minimum atomic E-state index is -4.53. The molecule has 0 bridgehead atoms. The number of rotatable bonds is 3. The third-order valence-electron chi connectivity index (χ3n) is 3.37. The van der Waals surface area contributed by atoms with Crippen molar-refractivity contribution >= 4 is 17.0 Å². The van der Waals surface area contributed by atoms with Crippen molar-refractivity contribution in [3.05, 3.63) is 51.7 Å². The zero-order chi connectivity index (χ0) is 15.6. The van der Waals surface area contributed by atoms with Gasteiger partial charge in [0.15, 0.2) is 0 Å². The molecule has 6 heteroatoms. The summed E-state index contributed by atoms with van der Waals surface area (Å²) in [6.07, 6.45) is -4.53. The maximum absolute atomic E-state index is 13.0. The van der Waals surface area contributed by atoms with Crippen LogP contribution in [0.5, 0.6) is 0 Å². The Labute approximate surface area is 125 Å². The summed E-state index contributed by atoms with van der Waals surface area (Å²) in [5.74, 6) is 0. The van der Waals surface area contributed by atoms with E-state index in [0.717, 1.165) is 10.9 Å². The Morgan fingerprint density at radius 2 is 2.00 bits per heavy atom. The van der Waals surface area contributed by atoms with E-state index >= 15 is 0 Å². The SMILES string of the molecule is CC(c1cccs1)N(C)c1ccc(C#N)c(C(F)(F)F)c1. The number of alkyl halides is 3. The Balaban J connectivity index is 2.39. The summed E-state index contributed by atoms with van der Waals surface area (Å²) < 4.78 is 39.0. The van der Waals surface area contributed by atoms with E-state index in [0.29, 0.717) is 5.69 Å². The van der Waals surface area contributed by atoms with Gasteiger partial charge in [0.2, 0.25) is 0 Å². The van der Waals surface area contributed by atoms with E-state index in [-0.39, 0.29) is 11.6 Å². The van der Waals surface area contributed by atoms with Crippen LogP contribution in [-0.2, 0) is 6.18 Å². The number of nitriles is 1. The minimum absolute atomic E-state index is 0.0426. The maximum atomic E-state index is 13.0. The molecule has 0 spiro atoms. The molecule has 2 aromatic rings. The molecule has 1 aromatic carbocycles. The molecule has 21 heavy (non-hydrogen) atoms. The molecule has 0 aliphatic carbocycles. The van der Waals surface area contributed by atoms with Gasteiger partial charge in [-0.1, -0.05) is 6.07 Å². The number of hydrogen-bond acceptors (Lipinski definition) is 3. The molecule has 1 unspecified atom stereocenters. The molecule has 0 saturated carbocycles. The monoisotopic (exact) mass is 310 g/mol. The second kappa shape index (κ2) is 5.78. The topological polar surface area (TPSA) is 27.0 Å². The number of nitrogens with zero attached hydrogens (tertiary/aromatic N) is 2. The van der Waals surface area contributed by atoms with Gasteiger partial charge in [-0.2, -0.15) is 18.4 Å². The van der Waals surface area contributed by atoms with Gasteiger partial charge in [-0.05, 0) is 36.6 Å². The Morgan fingerprint density at radius 1 is 1.29 bits per heavy atom. The van der Waals surface area contributed by atoms with Crippen molar-refractivity contribution in [1.82, 2.24) is 0 Å². The molecule has 0 N–H and O–H groups in total. The van der Waals surface area contributed by atoms with Crippen molar-refractivity contribution in [2.45, 2.75) is 19.1 Å². The lowest BCUT2D eigenvalue weighted by molar-refractivity contribution is -0.137.